The summed E-state index contributed by atoms with van der Waals surface area (Å²) in [6.07, 6.45) is 0.889. The highest BCUT2D eigenvalue weighted by Crippen LogP contribution is 2.14. The van der Waals surface area contributed by atoms with E-state index in [4.69, 9.17) is 9.47 Å². The SMILES string of the molecule is CCOCCCNC(=NC)NCCOc1ccc(F)c(F)c1. The number of aliphatic imine (C=N–C) groups is 1. The smallest absolute Gasteiger partial charge is 0.191 e. The summed E-state index contributed by atoms with van der Waals surface area (Å²) in [5.74, 6) is -0.856. The van der Waals surface area contributed by atoms with E-state index in [1.165, 1.54) is 6.07 Å². The third kappa shape index (κ3) is 7.21. The van der Waals surface area contributed by atoms with Crippen molar-refractivity contribution in [3.63, 3.8) is 0 Å². The monoisotopic (exact) mass is 315 g/mol. The molecule has 0 heterocycles. The first kappa shape index (κ1) is 18.2. The van der Waals surface area contributed by atoms with Crippen molar-refractivity contribution in [3.05, 3.63) is 29.8 Å². The second-order valence-corrected chi connectivity index (χ2v) is 4.40. The third-order valence-electron chi connectivity index (χ3n) is 2.74. The van der Waals surface area contributed by atoms with Crippen LogP contribution in [0.3, 0.4) is 0 Å². The fourth-order valence-corrected chi connectivity index (χ4v) is 1.65. The van der Waals surface area contributed by atoms with Gasteiger partial charge < -0.3 is 20.1 Å². The van der Waals surface area contributed by atoms with Gasteiger partial charge in [0.15, 0.2) is 17.6 Å². The number of hydrogen-bond acceptors (Lipinski definition) is 3. The number of benzene rings is 1. The van der Waals surface area contributed by atoms with Crippen LogP contribution in [0, 0.1) is 11.6 Å². The van der Waals surface area contributed by atoms with Gasteiger partial charge in [0.2, 0.25) is 0 Å². The number of hydrogen-bond donors (Lipinski definition) is 2. The van der Waals surface area contributed by atoms with Crippen LogP contribution >= 0.6 is 0 Å². The molecule has 0 aliphatic rings. The molecule has 1 aromatic rings. The summed E-state index contributed by atoms with van der Waals surface area (Å²) in [6.45, 7) is 4.94. The lowest BCUT2D eigenvalue weighted by atomic mass is 10.3. The molecule has 124 valence electrons. The second kappa shape index (κ2) is 10.8. The van der Waals surface area contributed by atoms with Crippen LogP contribution in [0.5, 0.6) is 5.75 Å². The molecule has 0 aromatic heterocycles. The zero-order valence-electron chi connectivity index (χ0n) is 13.0. The molecule has 0 unspecified atom stereocenters. The predicted molar refractivity (Wildman–Crippen MR) is 82.3 cm³/mol. The molecule has 0 aliphatic carbocycles. The Hall–Kier alpha value is -1.89. The van der Waals surface area contributed by atoms with Gasteiger partial charge in [-0.3, -0.25) is 4.99 Å². The molecular formula is C15H23F2N3O2. The van der Waals surface area contributed by atoms with E-state index in [9.17, 15) is 8.78 Å². The maximum atomic E-state index is 13.0. The molecule has 0 saturated heterocycles. The van der Waals surface area contributed by atoms with E-state index >= 15 is 0 Å². The van der Waals surface area contributed by atoms with Gasteiger partial charge in [0.25, 0.3) is 0 Å². The Morgan fingerprint density at radius 1 is 1.14 bits per heavy atom. The highest BCUT2D eigenvalue weighted by atomic mass is 19.2. The van der Waals surface area contributed by atoms with Crippen LogP contribution < -0.4 is 15.4 Å². The summed E-state index contributed by atoms with van der Waals surface area (Å²) < 4.78 is 36.3. The lowest BCUT2D eigenvalue weighted by molar-refractivity contribution is 0.145. The lowest BCUT2D eigenvalue weighted by Crippen LogP contribution is -2.39. The number of rotatable bonds is 9. The Labute approximate surface area is 129 Å². The van der Waals surface area contributed by atoms with Crippen molar-refractivity contribution < 1.29 is 18.3 Å². The maximum absolute atomic E-state index is 13.0. The van der Waals surface area contributed by atoms with Crippen molar-refractivity contribution in [2.24, 2.45) is 4.99 Å². The number of ether oxygens (including phenoxy) is 2. The normalized spacial score (nSPS) is 11.4. The molecule has 0 saturated carbocycles. The summed E-state index contributed by atoms with van der Waals surface area (Å²) in [5, 5.41) is 6.20. The van der Waals surface area contributed by atoms with Crippen LogP contribution in [-0.4, -0.2) is 45.9 Å². The number of nitrogens with one attached hydrogen (secondary N) is 2. The van der Waals surface area contributed by atoms with Crippen molar-refractivity contribution in [2.75, 3.05) is 40.0 Å². The van der Waals surface area contributed by atoms with E-state index in [1.807, 2.05) is 6.92 Å². The highest BCUT2D eigenvalue weighted by molar-refractivity contribution is 5.79. The van der Waals surface area contributed by atoms with Crippen molar-refractivity contribution in [2.45, 2.75) is 13.3 Å². The van der Waals surface area contributed by atoms with Gasteiger partial charge in [-0.2, -0.15) is 0 Å². The quantitative estimate of drug-likeness (QED) is 0.415. The summed E-state index contributed by atoms with van der Waals surface area (Å²) in [5.41, 5.74) is 0. The Bertz CT molecular complexity index is 470. The van der Waals surface area contributed by atoms with Crippen LogP contribution in [0.1, 0.15) is 13.3 Å². The van der Waals surface area contributed by atoms with E-state index in [1.54, 1.807) is 7.05 Å². The molecule has 0 fully saturated rings. The standard InChI is InChI=1S/C15H23F2N3O2/c1-3-21-9-4-7-19-15(18-2)20-8-10-22-12-5-6-13(16)14(17)11-12/h5-6,11H,3-4,7-10H2,1-2H3,(H2,18,19,20). The molecule has 2 N–H and O–H groups in total. The van der Waals surface area contributed by atoms with E-state index in [0.717, 1.165) is 25.1 Å². The van der Waals surface area contributed by atoms with Gasteiger partial charge in [-0.25, -0.2) is 8.78 Å². The molecule has 0 aliphatic heterocycles. The summed E-state index contributed by atoms with van der Waals surface area (Å²) in [7, 11) is 1.67. The minimum Gasteiger partial charge on any atom is -0.492 e. The zero-order chi connectivity index (χ0) is 16.2. The Kier molecular flexibility index (Phi) is 8.90. The van der Waals surface area contributed by atoms with E-state index < -0.39 is 11.6 Å². The molecule has 22 heavy (non-hydrogen) atoms. The summed E-state index contributed by atoms with van der Waals surface area (Å²) in [4.78, 5) is 4.06. The number of guanidine groups is 1. The van der Waals surface area contributed by atoms with E-state index in [-0.39, 0.29) is 0 Å². The Morgan fingerprint density at radius 3 is 2.59 bits per heavy atom. The highest BCUT2D eigenvalue weighted by Gasteiger charge is 2.03. The Balaban J connectivity index is 2.17. The van der Waals surface area contributed by atoms with Crippen LogP contribution in [0.25, 0.3) is 0 Å². The summed E-state index contributed by atoms with van der Waals surface area (Å²) in [6, 6.07) is 3.45. The molecular weight excluding hydrogens is 292 g/mol. The fourth-order valence-electron chi connectivity index (χ4n) is 1.65. The minimum absolute atomic E-state index is 0.292. The molecule has 5 nitrogen and oxygen atoms in total. The van der Waals surface area contributed by atoms with Crippen molar-refractivity contribution in [1.29, 1.82) is 0 Å². The van der Waals surface area contributed by atoms with Gasteiger partial charge >= 0.3 is 0 Å². The van der Waals surface area contributed by atoms with Gasteiger partial charge in [-0.1, -0.05) is 0 Å². The molecule has 0 amide bonds. The van der Waals surface area contributed by atoms with Gasteiger partial charge in [-0.15, -0.1) is 0 Å². The molecule has 1 rings (SSSR count). The molecule has 7 heteroatoms. The topological polar surface area (TPSA) is 54.9 Å². The van der Waals surface area contributed by atoms with E-state index in [0.29, 0.717) is 38.1 Å². The van der Waals surface area contributed by atoms with Gasteiger partial charge in [0, 0.05) is 32.9 Å². The summed E-state index contributed by atoms with van der Waals surface area (Å²) >= 11 is 0. The number of nitrogens with zero attached hydrogens (tertiary/aromatic N) is 1. The lowest BCUT2D eigenvalue weighted by Gasteiger charge is -2.12. The molecule has 1 aromatic carbocycles. The van der Waals surface area contributed by atoms with Crippen molar-refractivity contribution in [3.8, 4) is 5.75 Å². The average molecular weight is 315 g/mol. The first-order valence-corrected chi connectivity index (χ1v) is 7.27. The second-order valence-electron chi connectivity index (χ2n) is 4.40. The van der Waals surface area contributed by atoms with Crippen molar-refractivity contribution >= 4 is 5.96 Å². The van der Waals surface area contributed by atoms with Crippen LogP contribution in [0.4, 0.5) is 8.78 Å². The minimum atomic E-state index is -0.919. The number of halogens is 2. The first-order valence-electron chi connectivity index (χ1n) is 7.27. The van der Waals surface area contributed by atoms with Crippen LogP contribution in [-0.2, 0) is 4.74 Å². The molecule has 0 spiro atoms. The van der Waals surface area contributed by atoms with E-state index in [2.05, 4.69) is 15.6 Å². The first-order chi connectivity index (χ1) is 10.7. The average Bonchev–Trinajstić information content (AvgIpc) is 2.52. The largest absolute Gasteiger partial charge is 0.492 e. The van der Waals surface area contributed by atoms with Crippen LogP contribution in [0.2, 0.25) is 0 Å². The van der Waals surface area contributed by atoms with Gasteiger partial charge in [0.1, 0.15) is 12.4 Å². The predicted octanol–water partition coefficient (Wildman–Crippen LogP) is 1.94. The van der Waals surface area contributed by atoms with Gasteiger partial charge in [0.05, 0.1) is 6.54 Å². The maximum Gasteiger partial charge on any atom is 0.191 e. The third-order valence-corrected chi connectivity index (χ3v) is 2.74. The van der Waals surface area contributed by atoms with Crippen LogP contribution in [0.15, 0.2) is 23.2 Å². The molecule has 0 radical (unpaired) electrons. The Morgan fingerprint density at radius 2 is 1.91 bits per heavy atom. The van der Waals surface area contributed by atoms with Gasteiger partial charge in [-0.05, 0) is 25.5 Å². The zero-order valence-corrected chi connectivity index (χ0v) is 13.0. The van der Waals surface area contributed by atoms with Crippen molar-refractivity contribution in [1.82, 2.24) is 10.6 Å². The molecule has 0 bridgehead atoms. The fraction of sp³-hybridized carbons (Fsp3) is 0.533. The molecule has 0 atom stereocenters.